The van der Waals surface area contributed by atoms with E-state index >= 15 is 0 Å². The number of aromatic nitrogens is 2. The molecule has 3 heterocycles. The van der Waals surface area contributed by atoms with E-state index in [-0.39, 0.29) is 5.91 Å². The number of benzene rings is 3. The summed E-state index contributed by atoms with van der Waals surface area (Å²) in [6.45, 7) is 4.08. The second kappa shape index (κ2) is 5.23. The molecule has 0 fully saturated rings. The smallest absolute Gasteiger partial charge is 0.276 e. The first-order valence-corrected chi connectivity index (χ1v) is 9.48. The number of carbonyl (C=O) groups is 1. The molecule has 6 rings (SSSR count). The van der Waals surface area contributed by atoms with Crippen LogP contribution in [-0.2, 0) is 10.5 Å². The zero-order valence-corrected chi connectivity index (χ0v) is 15.9. The molecular weight excluding hydrogens is 367 g/mol. The van der Waals surface area contributed by atoms with Gasteiger partial charge in [0.25, 0.3) is 5.91 Å². The van der Waals surface area contributed by atoms with E-state index in [9.17, 15) is 9.18 Å². The van der Waals surface area contributed by atoms with Gasteiger partial charge in [-0.15, -0.1) is 0 Å². The molecule has 0 aliphatic carbocycles. The van der Waals surface area contributed by atoms with E-state index in [2.05, 4.69) is 10.6 Å². The lowest BCUT2D eigenvalue weighted by atomic mass is 9.95. The van der Waals surface area contributed by atoms with Crippen molar-refractivity contribution in [3.05, 3.63) is 77.1 Å². The Bertz CT molecular complexity index is 1370. The maximum absolute atomic E-state index is 14.3. The summed E-state index contributed by atoms with van der Waals surface area (Å²) in [6, 6.07) is 16.2. The Hall–Kier alpha value is -3.67. The van der Waals surface area contributed by atoms with Crippen molar-refractivity contribution in [1.82, 2.24) is 9.55 Å². The number of hydrogen-bond donors (Lipinski definition) is 2. The minimum atomic E-state index is -1.31. The van der Waals surface area contributed by atoms with Crippen LogP contribution in [0.3, 0.4) is 0 Å². The van der Waals surface area contributed by atoms with Gasteiger partial charge in [0.1, 0.15) is 11.6 Å². The second-order valence-corrected chi connectivity index (χ2v) is 7.72. The van der Waals surface area contributed by atoms with Crippen LogP contribution >= 0.6 is 0 Å². The van der Waals surface area contributed by atoms with Crippen molar-refractivity contribution in [2.24, 2.45) is 0 Å². The van der Waals surface area contributed by atoms with Gasteiger partial charge in [0.2, 0.25) is 5.66 Å². The van der Waals surface area contributed by atoms with Crippen molar-refractivity contribution >= 4 is 28.3 Å². The second-order valence-electron chi connectivity index (χ2n) is 7.72. The highest BCUT2D eigenvalue weighted by Crippen LogP contribution is 2.49. The molecule has 4 aromatic rings. The van der Waals surface area contributed by atoms with Crippen LogP contribution in [0.2, 0.25) is 0 Å². The summed E-state index contributed by atoms with van der Waals surface area (Å²) < 4.78 is 16.2. The molecule has 1 aromatic heterocycles. The summed E-state index contributed by atoms with van der Waals surface area (Å²) >= 11 is 0. The first-order valence-electron chi connectivity index (χ1n) is 9.48. The Morgan fingerprint density at radius 1 is 1.00 bits per heavy atom. The van der Waals surface area contributed by atoms with Gasteiger partial charge < -0.3 is 10.6 Å². The molecule has 142 valence electrons. The molecule has 1 unspecified atom stereocenters. The van der Waals surface area contributed by atoms with Crippen LogP contribution in [0.1, 0.15) is 16.7 Å². The van der Waals surface area contributed by atoms with Gasteiger partial charge >= 0.3 is 0 Å². The summed E-state index contributed by atoms with van der Waals surface area (Å²) in [5.41, 5.74) is 5.40. The molecule has 3 aromatic carbocycles. The van der Waals surface area contributed by atoms with Crippen molar-refractivity contribution in [3.8, 4) is 11.4 Å². The van der Waals surface area contributed by atoms with Crippen LogP contribution in [-0.4, -0.2) is 15.5 Å². The van der Waals surface area contributed by atoms with Crippen molar-refractivity contribution in [1.29, 1.82) is 0 Å². The number of hydrogen-bond acceptors (Lipinski definition) is 3. The van der Waals surface area contributed by atoms with Crippen molar-refractivity contribution < 1.29 is 9.18 Å². The molecule has 0 bridgehead atoms. The molecule has 2 N–H and O–H groups in total. The van der Waals surface area contributed by atoms with Gasteiger partial charge in [-0.2, -0.15) is 0 Å². The topological polar surface area (TPSA) is 59.0 Å². The lowest BCUT2D eigenvalue weighted by Gasteiger charge is -2.37. The average Bonchev–Trinajstić information content (AvgIpc) is 3.19. The number of halogens is 1. The van der Waals surface area contributed by atoms with E-state index in [0.717, 1.165) is 33.4 Å². The first kappa shape index (κ1) is 16.3. The van der Waals surface area contributed by atoms with Crippen molar-refractivity contribution in [3.63, 3.8) is 0 Å². The Balaban J connectivity index is 1.80. The Labute approximate surface area is 166 Å². The number of anilines is 2. The van der Waals surface area contributed by atoms with Crippen molar-refractivity contribution in [2.45, 2.75) is 19.5 Å². The molecule has 0 saturated carbocycles. The average molecular weight is 384 g/mol. The molecule has 2 aliphatic heterocycles. The monoisotopic (exact) mass is 384 g/mol. The minimum absolute atomic E-state index is 0.258. The quantitative estimate of drug-likeness (QED) is 0.468. The first-order chi connectivity index (χ1) is 14.0. The third-order valence-corrected chi connectivity index (χ3v) is 6.04. The Morgan fingerprint density at radius 2 is 1.79 bits per heavy atom. The van der Waals surface area contributed by atoms with Gasteiger partial charge in [-0.05, 0) is 67.4 Å². The van der Waals surface area contributed by atoms with Gasteiger partial charge in [-0.25, -0.2) is 9.37 Å². The summed E-state index contributed by atoms with van der Waals surface area (Å²) in [5, 5.41) is 6.34. The molecule has 1 spiro atoms. The number of nitrogens with one attached hydrogen (secondary N) is 2. The number of amides is 1. The number of fused-ring (bicyclic) bond motifs is 8. The van der Waals surface area contributed by atoms with Crippen molar-refractivity contribution in [2.75, 3.05) is 10.6 Å². The van der Waals surface area contributed by atoms with E-state index in [4.69, 9.17) is 4.98 Å². The molecular formula is C23H17FN4O. The highest BCUT2D eigenvalue weighted by Gasteiger charge is 2.53. The highest BCUT2D eigenvalue weighted by atomic mass is 19.1. The van der Waals surface area contributed by atoms with E-state index in [1.54, 1.807) is 6.07 Å². The van der Waals surface area contributed by atoms with Crippen LogP contribution in [0, 0.1) is 19.7 Å². The third kappa shape index (κ3) is 1.93. The molecule has 5 nitrogen and oxygen atoms in total. The van der Waals surface area contributed by atoms with E-state index < -0.39 is 11.5 Å². The number of para-hydroxylation sites is 1. The number of rotatable bonds is 0. The lowest BCUT2D eigenvalue weighted by Crippen LogP contribution is -2.50. The third-order valence-electron chi connectivity index (χ3n) is 6.04. The number of imidazole rings is 1. The van der Waals surface area contributed by atoms with Crippen LogP contribution in [0.25, 0.3) is 22.4 Å². The maximum atomic E-state index is 14.3. The predicted octanol–water partition coefficient (Wildman–Crippen LogP) is 4.54. The summed E-state index contributed by atoms with van der Waals surface area (Å²) in [4.78, 5) is 18.3. The van der Waals surface area contributed by atoms with E-state index in [0.29, 0.717) is 17.1 Å². The van der Waals surface area contributed by atoms with Crippen LogP contribution < -0.4 is 10.6 Å². The maximum Gasteiger partial charge on any atom is 0.276 e. The molecule has 6 heteroatoms. The molecule has 2 aliphatic rings. The van der Waals surface area contributed by atoms with Gasteiger partial charge in [-0.3, -0.25) is 9.36 Å². The fourth-order valence-corrected chi connectivity index (χ4v) is 4.50. The molecule has 29 heavy (non-hydrogen) atoms. The van der Waals surface area contributed by atoms with Gasteiger partial charge in [0, 0.05) is 22.5 Å². The Kier molecular flexibility index (Phi) is 2.94. The minimum Gasteiger partial charge on any atom is -0.350 e. The number of aryl methyl sites for hydroxylation is 2. The van der Waals surface area contributed by atoms with Gasteiger partial charge in [0.05, 0.1) is 11.0 Å². The molecule has 0 saturated heterocycles. The Morgan fingerprint density at radius 3 is 2.66 bits per heavy atom. The lowest BCUT2D eigenvalue weighted by molar-refractivity contribution is -0.120. The highest BCUT2D eigenvalue weighted by molar-refractivity contribution is 6.10. The van der Waals surface area contributed by atoms with E-state index in [1.807, 2.05) is 54.8 Å². The van der Waals surface area contributed by atoms with Gasteiger partial charge in [0.15, 0.2) is 0 Å². The molecule has 1 atom stereocenters. The summed E-state index contributed by atoms with van der Waals surface area (Å²) in [7, 11) is 0. The fourth-order valence-electron chi connectivity index (χ4n) is 4.50. The molecule has 0 radical (unpaired) electrons. The zero-order valence-electron chi connectivity index (χ0n) is 15.9. The van der Waals surface area contributed by atoms with Gasteiger partial charge in [-0.1, -0.05) is 12.1 Å². The zero-order chi connectivity index (χ0) is 19.9. The summed E-state index contributed by atoms with van der Waals surface area (Å²) in [5.74, 6) is 0.0382. The summed E-state index contributed by atoms with van der Waals surface area (Å²) in [6.07, 6.45) is 0. The largest absolute Gasteiger partial charge is 0.350 e. The predicted molar refractivity (Wildman–Crippen MR) is 110 cm³/mol. The SMILES string of the molecule is Cc1cc2nc3n(c2cc1C)C1(Nc2ccccc2-3)C(=O)Nc2ccc(F)cc21. The van der Waals surface area contributed by atoms with Crippen LogP contribution in [0.5, 0.6) is 0 Å². The number of carbonyl (C=O) groups excluding carboxylic acids is 1. The normalized spacial score (nSPS) is 18.9. The molecule has 1 amide bonds. The fraction of sp³-hybridized carbons (Fsp3) is 0.130. The van der Waals surface area contributed by atoms with Crippen LogP contribution in [0.15, 0.2) is 54.6 Å². The standard InChI is InChI=1S/C23H17FN4O/c1-12-9-19-20(10-13(12)2)28-21(25-19)15-5-3-4-6-17(15)27-23(28)16-11-14(24)7-8-18(16)26-22(23)29/h3-11,27H,1-2H3,(H,26,29). The van der Waals surface area contributed by atoms with Crippen LogP contribution in [0.4, 0.5) is 15.8 Å². The number of nitrogens with zero attached hydrogens (tertiary/aromatic N) is 2. The van der Waals surface area contributed by atoms with E-state index in [1.165, 1.54) is 12.1 Å².